The average Bonchev–Trinajstić information content (AvgIpc) is 3.13. The van der Waals surface area contributed by atoms with Crippen molar-refractivity contribution >= 4 is 30.1 Å². The van der Waals surface area contributed by atoms with E-state index in [0.29, 0.717) is 16.9 Å². The van der Waals surface area contributed by atoms with Crippen LogP contribution in [-0.2, 0) is 0 Å². The van der Waals surface area contributed by atoms with Gasteiger partial charge in [-0.25, -0.2) is 9.98 Å². The van der Waals surface area contributed by atoms with Crippen LogP contribution in [0.4, 0.5) is 4.39 Å². The maximum absolute atomic E-state index is 12.4. The third-order valence-corrected chi connectivity index (χ3v) is 3.79. The summed E-state index contributed by atoms with van der Waals surface area (Å²) in [6, 6.07) is 5.19. The van der Waals surface area contributed by atoms with Gasteiger partial charge in [-0.3, -0.25) is 9.37 Å². The minimum Gasteiger partial charge on any atom is -0.503 e. The monoisotopic (exact) mass is 359 g/mol. The summed E-state index contributed by atoms with van der Waals surface area (Å²) in [5.74, 6) is 0.518. The molecule has 0 saturated carbocycles. The van der Waals surface area contributed by atoms with Crippen molar-refractivity contribution in [1.82, 2.24) is 4.98 Å². The van der Waals surface area contributed by atoms with Crippen LogP contribution in [0.15, 0.2) is 46.4 Å². The number of hydrogen-bond acceptors (Lipinski definition) is 5. The molecule has 1 aromatic heterocycles. The maximum Gasteiger partial charge on any atom is 0.177 e. The van der Waals surface area contributed by atoms with E-state index in [1.165, 1.54) is 0 Å². The molecule has 0 saturated heterocycles. The number of benzene rings is 1. The van der Waals surface area contributed by atoms with Crippen molar-refractivity contribution in [3.05, 3.63) is 47.0 Å². The fourth-order valence-electron chi connectivity index (χ4n) is 2.40. The summed E-state index contributed by atoms with van der Waals surface area (Å²) in [5, 5.41) is 10.5. The minimum absolute atomic E-state index is 0.120. The van der Waals surface area contributed by atoms with E-state index < -0.39 is 6.67 Å². The Kier molecular flexibility index (Phi) is 5.40. The van der Waals surface area contributed by atoms with E-state index in [1.807, 2.05) is 0 Å². The van der Waals surface area contributed by atoms with Gasteiger partial charge in [-0.2, -0.15) is 0 Å². The van der Waals surface area contributed by atoms with Crippen molar-refractivity contribution in [3.63, 3.8) is 0 Å². The minimum atomic E-state index is -0.508. The van der Waals surface area contributed by atoms with Gasteiger partial charge in [0.15, 0.2) is 17.3 Å². The predicted molar refractivity (Wildman–Crippen MR) is 97.4 cm³/mol. The van der Waals surface area contributed by atoms with E-state index >= 15 is 0 Å². The lowest BCUT2D eigenvalue weighted by molar-refractivity contribution is 0.278. The van der Waals surface area contributed by atoms with Gasteiger partial charge in [0.25, 0.3) is 0 Å². The van der Waals surface area contributed by atoms with Crippen LogP contribution in [0.25, 0.3) is 17.2 Å². The highest BCUT2D eigenvalue weighted by Crippen LogP contribution is 2.45. The number of pyridine rings is 1. The summed E-state index contributed by atoms with van der Waals surface area (Å²) in [5.41, 5.74) is 2.07. The number of aliphatic imine (C=N–C) groups is 2. The molecule has 1 N–H and O–H groups in total. The van der Waals surface area contributed by atoms with Gasteiger partial charge in [0.1, 0.15) is 0 Å². The molecule has 0 bridgehead atoms. The first kappa shape index (κ1) is 17.1. The molecule has 0 unspecified atom stereocenters. The summed E-state index contributed by atoms with van der Waals surface area (Å²) >= 11 is 6.15. The van der Waals surface area contributed by atoms with Gasteiger partial charge < -0.3 is 9.84 Å². The normalized spacial score (nSPS) is 12.6. The highest BCUT2D eigenvalue weighted by Gasteiger charge is 2.19. The number of aromatic nitrogens is 1. The number of ether oxygens (including phenoxy) is 1. The average molecular weight is 360 g/mol. The lowest BCUT2D eigenvalue weighted by atomic mass is 9.98. The summed E-state index contributed by atoms with van der Waals surface area (Å²) in [6.45, 7) is -0.388. The van der Waals surface area contributed by atoms with Crippen LogP contribution in [0.1, 0.15) is 12.0 Å². The van der Waals surface area contributed by atoms with Crippen LogP contribution in [0, 0.1) is 0 Å². The molecule has 128 valence electrons. The number of rotatable bonds is 6. The van der Waals surface area contributed by atoms with Gasteiger partial charge in [-0.05, 0) is 35.4 Å². The van der Waals surface area contributed by atoms with Gasteiger partial charge in [0.2, 0.25) is 0 Å². The molecule has 5 nitrogen and oxygen atoms in total. The fourth-order valence-corrected chi connectivity index (χ4v) is 2.60. The van der Waals surface area contributed by atoms with E-state index in [0.717, 1.165) is 5.56 Å². The van der Waals surface area contributed by atoms with Gasteiger partial charge in [0.05, 0.1) is 18.3 Å². The first-order valence-electron chi connectivity index (χ1n) is 7.63. The first-order valence-corrected chi connectivity index (χ1v) is 8.01. The number of phenolic OH excluding ortho intramolecular Hbond substituents is 1. The summed E-state index contributed by atoms with van der Waals surface area (Å²) < 4.78 is 18.1. The highest BCUT2D eigenvalue weighted by molar-refractivity contribution is 6.32. The molecule has 0 amide bonds. The number of aromatic hydroxyl groups is 1. The van der Waals surface area contributed by atoms with E-state index in [1.54, 1.807) is 49.1 Å². The smallest absolute Gasteiger partial charge is 0.177 e. The summed E-state index contributed by atoms with van der Waals surface area (Å²) in [6.07, 6.45) is 8.39. The van der Waals surface area contributed by atoms with Crippen molar-refractivity contribution in [2.75, 3.05) is 13.3 Å². The Labute approximate surface area is 149 Å². The van der Waals surface area contributed by atoms with Gasteiger partial charge >= 0.3 is 0 Å². The molecule has 1 aliphatic rings. The fraction of sp³-hybridized carbons (Fsp3) is 0.167. The first-order chi connectivity index (χ1) is 12.2. The van der Waals surface area contributed by atoms with Crippen LogP contribution in [0.2, 0.25) is 5.02 Å². The number of hydrogen-bond donors (Lipinski definition) is 1. The zero-order valence-electron chi connectivity index (χ0n) is 13.2. The predicted octanol–water partition coefficient (Wildman–Crippen LogP) is 4.30. The van der Waals surface area contributed by atoms with Crippen molar-refractivity contribution in [3.8, 4) is 22.6 Å². The second kappa shape index (κ2) is 7.90. The number of phenols is 1. The van der Waals surface area contributed by atoms with E-state index in [4.69, 9.17) is 16.3 Å². The van der Waals surface area contributed by atoms with Gasteiger partial charge in [-0.15, -0.1) is 0 Å². The standard InChI is InChI=1S/C18H15ClFN3O2/c19-14-10-13(11-15-22-7-8-23-15)16(12-2-5-21-6-3-12)18(17(14)24)25-9-1-4-20/h2-3,5-8,10-11,24H,1,4,9H2. The quantitative estimate of drug-likeness (QED) is 0.782. The van der Waals surface area contributed by atoms with E-state index in [2.05, 4.69) is 15.0 Å². The SMILES string of the molecule is Oc1c(Cl)cc(C=C2N=CC=N2)c(-c2ccncc2)c1OCCCF. The number of nitrogens with zero attached hydrogens (tertiary/aromatic N) is 3. The molecular weight excluding hydrogens is 345 g/mol. The number of halogens is 2. The molecule has 0 spiro atoms. The molecule has 1 aliphatic heterocycles. The lowest BCUT2D eigenvalue weighted by Gasteiger charge is -2.17. The molecule has 3 rings (SSSR count). The summed E-state index contributed by atoms with van der Waals surface area (Å²) in [7, 11) is 0. The van der Waals surface area contributed by atoms with Crippen LogP contribution >= 0.6 is 11.6 Å². The third kappa shape index (κ3) is 3.85. The molecule has 0 fully saturated rings. The van der Waals surface area contributed by atoms with Crippen LogP contribution in [-0.4, -0.2) is 35.8 Å². The van der Waals surface area contributed by atoms with Crippen LogP contribution in [0.5, 0.6) is 11.5 Å². The largest absolute Gasteiger partial charge is 0.503 e. The Balaban J connectivity index is 2.18. The molecule has 2 aromatic rings. The Bertz CT molecular complexity index is 837. The van der Waals surface area contributed by atoms with Crippen LogP contribution < -0.4 is 4.74 Å². The molecule has 25 heavy (non-hydrogen) atoms. The maximum atomic E-state index is 12.4. The molecular formula is C18H15ClFN3O2. The van der Waals surface area contributed by atoms with Crippen LogP contribution in [0.3, 0.4) is 0 Å². The second-order valence-corrected chi connectivity index (χ2v) is 5.59. The molecule has 1 aromatic carbocycles. The molecule has 0 radical (unpaired) electrons. The van der Waals surface area contributed by atoms with Gasteiger partial charge in [-0.1, -0.05) is 11.6 Å². The van der Waals surface area contributed by atoms with E-state index in [-0.39, 0.29) is 29.5 Å². The number of alkyl halides is 1. The molecule has 2 heterocycles. The van der Waals surface area contributed by atoms with Crippen molar-refractivity contribution < 1.29 is 14.2 Å². The van der Waals surface area contributed by atoms with E-state index in [9.17, 15) is 9.50 Å². The molecule has 7 heteroatoms. The topological polar surface area (TPSA) is 67.1 Å². The van der Waals surface area contributed by atoms with Gasteiger partial charge in [0, 0.05) is 36.8 Å². The molecule has 0 aliphatic carbocycles. The summed E-state index contributed by atoms with van der Waals surface area (Å²) in [4.78, 5) is 12.3. The Hall–Kier alpha value is -2.73. The zero-order valence-corrected chi connectivity index (χ0v) is 13.9. The van der Waals surface area contributed by atoms with Crippen molar-refractivity contribution in [1.29, 1.82) is 0 Å². The Morgan fingerprint density at radius 2 is 1.92 bits per heavy atom. The van der Waals surface area contributed by atoms with Crippen molar-refractivity contribution in [2.45, 2.75) is 6.42 Å². The van der Waals surface area contributed by atoms with Crippen molar-refractivity contribution in [2.24, 2.45) is 9.98 Å². The zero-order chi connectivity index (χ0) is 17.6. The second-order valence-electron chi connectivity index (χ2n) is 5.19. The lowest BCUT2D eigenvalue weighted by Crippen LogP contribution is -2.01. The third-order valence-electron chi connectivity index (χ3n) is 3.50. The Morgan fingerprint density at radius 1 is 1.20 bits per heavy atom. The highest BCUT2D eigenvalue weighted by atomic mass is 35.5. The molecule has 0 atom stereocenters. The Morgan fingerprint density at radius 3 is 2.60 bits per heavy atom.